The van der Waals surface area contributed by atoms with Crippen LogP contribution in [-0.4, -0.2) is 20.0 Å². The topological polar surface area (TPSA) is 52.6 Å². The van der Waals surface area contributed by atoms with Crippen LogP contribution in [0.1, 0.15) is 0 Å². The largest absolute Gasteiger partial charge is 0.449 e. The molecule has 0 radical (unpaired) electrons. The summed E-state index contributed by atoms with van der Waals surface area (Å²) in [7, 11) is -6.07. The molecule has 4 nitrogen and oxygen atoms in total. The molecule has 0 heterocycles. The number of halogens is 7. The van der Waals surface area contributed by atoms with E-state index in [1.54, 1.807) is 0 Å². The number of alkyl halides is 3. The smallest absolute Gasteiger partial charge is 0.399 e. The van der Waals surface area contributed by atoms with Gasteiger partial charge in [0.05, 0.1) is 0 Å². The fraction of sp³-hybridized carbons (Fsp3) is 0.500. The summed E-state index contributed by atoms with van der Waals surface area (Å²) >= 11 is 0. The lowest BCUT2D eigenvalue weighted by molar-refractivity contribution is -0.249. The van der Waals surface area contributed by atoms with Gasteiger partial charge < -0.3 is 4.74 Å². The van der Waals surface area contributed by atoms with Crippen LogP contribution in [0.2, 0.25) is 0 Å². The highest BCUT2D eigenvalue weighted by Crippen LogP contribution is 2.32. The molecular weight excluding hydrogens is 277 g/mol. The van der Waals surface area contributed by atoms with Crippen LogP contribution >= 0.6 is 0 Å². The van der Waals surface area contributed by atoms with E-state index in [9.17, 15) is 39.3 Å². The van der Waals surface area contributed by atoms with E-state index < -0.39 is 33.8 Å². The first-order valence-corrected chi connectivity index (χ1v) is 4.47. The highest BCUT2D eigenvalue weighted by molar-refractivity contribution is 7.87. The maximum atomic E-state index is 12.3. The first-order valence-electron chi connectivity index (χ1n) is 3.00. The van der Waals surface area contributed by atoms with Crippen LogP contribution in [0.3, 0.4) is 0 Å². The van der Waals surface area contributed by atoms with E-state index in [4.69, 9.17) is 0 Å². The molecule has 0 aliphatic heterocycles. The van der Waals surface area contributed by atoms with E-state index in [1.807, 2.05) is 4.39 Å². The molecule has 0 rings (SSSR count). The summed E-state index contributed by atoms with van der Waals surface area (Å²) in [6.07, 6.45) is -8.97. The van der Waals surface area contributed by atoms with Crippen LogP contribution < -0.4 is 0 Å². The first-order chi connectivity index (χ1) is 7.04. The first kappa shape index (κ1) is 15.0. The van der Waals surface area contributed by atoms with Gasteiger partial charge >= 0.3 is 33.8 Å². The Labute approximate surface area is 83.3 Å². The molecule has 96 valence electrons. The second-order valence-electron chi connectivity index (χ2n) is 2.07. The third kappa shape index (κ3) is 3.52. The Kier molecular flexibility index (Phi) is 4.55. The molecule has 0 spiro atoms. The highest BCUT2D eigenvalue weighted by Gasteiger charge is 2.54. The molecule has 0 saturated heterocycles. The lowest BCUT2D eigenvalue weighted by Crippen LogP contribution is -2.38. The normalized spacial score (nSPS) is 14.4. The zero-order valence-corrected chi connectivity index (χ0v) is 7.58. The van der Waals surface area contributed by atoms with Crippen molar-refractivity contribution in [1.29, 1.82) is 0 Å². The fourth-order valence-corrected chi connectivity index (χ4v) is 0.852. The average molecular weight is 278 g/mol. The standard InChI is InChI=1S/C4HF7O4S/c5-1(6)2(7)14-4(9,10)3(8)16(12,13)15-11/h3H. The van der Waals surface area contributed by atoms with Gasteiger partial charge in [-0.15, -0.1) is 0 Å². The Hall–Kier alpha value is -1.04. The molecule has 0 fully saturated rings. The van der Waals surface area contributed by atoms with Gasteiger partial charge in [-0.2, -0.15) is 30.4 Å². The number of rotatable bonds is 5. The van der Waals surface area contributed by atoms with Crippen LogP contribution in [0.25, 0.3) is 0 Å². The van der Waals surface area contributed by atoms with E-state index in [0.717, 1.165) is 0 Å². The summed E-state index contributed by atoms with van der Waals surface area (Å²) in [4.78, 5) is 0. The second kappa shape index (κ2) is 4.86. The maximum absolute atomic E-state index is 12.3. The molecule has 1 unspecified atom stereocenters. The highest BCUT2D eigenvalue weighted by atomic mass is 32.2. The quantitative estimate of drug-likeness (QED) is 0.571. The van der Waals surface area contributed by atoms with Crippen LogP contribution in [-0.2, 0) is 19.2 Å². The summed E-state index contributed by atoms with van der Waals surface area (Å²) in [5, 5.41) is 0. The minimum atomic E-state index is -6.07. The van der Waals surface area contributed by atoms with Crippen molar-refractivity contribution >= 4 is 10.1 Å². The van der Waals surface area contributed by atoms with Gasteiger partial charge in [0.25, 0.3) is 0 Å². The Balaban J connectivity index is 5.02. The summed E-state index contributed by atoms with van der Waals surface area (Å²) in [5.74, 6) is 0. The molecule has 0 bridgehead atoms. The molecule has 0 aromatic rings. The number of ether oxygens (including phenoxy) is 1. The predicted molar refractivity (Wildman–Crippen MR) is 32.4 cm³/mol. The molecule has 0 aliphatic carbocycles. The molecule has 0 aromatic carbocycles. The Morgan fingerprint density at radius 2 is 1.62 bits per heavy atom. The van der Waals surface area contributed by atoms with Crippen molar-refractivity contribution in [2.24, 2.45) is 0 Å². The zero-order valence-electron chi connectivity index (χ0n) is 6.76. The van der Waals surface area contributed by atoms with Gasteiger partial charge in [-0.05, 0) is 4.53 Å². The second-order valence-corrected chi connectivity index (χ2v) is 3.60. The molecular formula is C4HF7O4S. The summed E-state index contributed by atoms with van der Waals surface area (Å²) in [6.45, 7) is 0. The van der Waals surface area contributed by atoms with Gasteiger partial charge in [-0.1, -0.05) is 4.39 Å². The van der Waals surface area contributed by atoms with Crippen molar-refractivity contribution in [3.05, 3.63) is 12.1 Å². The summed E-state index contributed by atoms with van der Waals surface area (Å²) < 4.78 is 107. The van der Waals surface area contributed by atoms with Crippen molar-refractivity contribution < 1.29 is 48.4 Å². The molecule has 0 aliphatic rings. The van der Waals surface area contributed by atoms with Gasteiger partial charge in [0.2, 0.25) is 0 Å². The van der Waals surface area contributed by atoms with Crippen LogP contribution in [0.15, 0.2) is 12.1 Å². The molecule has 0 amide bonds. The summed E-state index contributed by atoms with van der Waals surface area (Å²) in [6, 6.07) is -3.21. The fourth-order valence-electron chi connectivity index (χ4n) is 0.404. The third-order valence-corrected chi connectivity index (χ3v) is 1.94. The lowest BCUT2D eigenvalue weighted by atomic mass is 10.7. The third-order valence-electron chi connectivity index (χ3n) is 0.980. The van der Waals surface area contributed by atoms with Gasteiger partial charge in [-0.25, -0.2) is 4.39 Å². The lowest BCUT2D eigenvalue weighted by Gasteiger charge is -2.17. The molecule has 0 N–H and O–H groups in total. The van der Waals surface area contributed by atoms with E-state index >= 15 is 0 Å². The Morgan fingerprint density at radius 3 is 1.94 bits per heavy atom. The summed E-state index contributed by atoms with van der Waals surface area (Å²) in [5.41, 5.74) is -4.52. The van der Waals surface area contributed by atoms with E-state index in [2.05, 4.69) is 4.74 Å². The van der Waals surface area contributed by atoms with Crippen LogP contribution in [0.5, 0.6) is 0 Å². The van der Waals surface area contributed by atoms with E-state index in [0.29, 0.717) is 0 Å². The van der Waals surface area contributed by atoms with Crippen LogP contribution in [0, 0.1) is 0 Å². The number of hydrogen-bond acceptors (Lipinski definition) is 4. The molecule has 0 aromatic heterocycles. The van der Waals surface area contributed by atoms with Gasteiger partial charge in [0.1, 0.15) is 0 Å². The van der Waals surface area contributed by atoms with Crippen molar-refractivity contribution in [3.63, 3.8) is 0 Å². The van der Waals surface area contributed by atoms with E-state index in [-0.39, 0.29) is 0 Å². The molecule has 1 atom stereocenters. The SMILES string of the molecule is O=S(=O)(OF)C(F)C(F)(F)OC(F)=C(F)F. The molecule has 0 saturated carbocycles. The molecule has 12 heteroatoms. The maximum Gasteiger partial charge on any atom is 0.449 e. The number of hydrogen-bond donors (Lipinski definition) is 0. The van der Waals surface area contributed by atoms with Crippen molar-refractivity contribution in [3.8, 4) is 0 Å². The van der Waals surface area contributed by atoms with Gasteiger partial charge in [0, 0.05) is 0 Å². The zero-order chi connectivity index (χ0) is 13.1. The van der Waals surface area contributed by atoms with Crippen molar-refractivity contribution in [2.75, 3.05) is 0 Å². The van der Waals surface area contributed by atoms with Crippen molar-refractivity contribution in [2.45, 2.75) is 11.6 Å². The van der Waals surface area contributed by atoms with Crippen LogP contribution in [0.4, 0.5) is 30.9 Å². The van der Waals surface area contributed by atoms with Gasteiger partial charge in [-0.3, -0.25) is 0 Å². The predicted octanol–water partition coefficient (Wildman–Crippen LogP) is 2.16. The van der Waals surface area contributed by atoms with Crippen molar-refractivity contribution in [1.82, 2.24) is 0 Å². The molecule has 16 heavy (non-hydrogen) atoms. The minimum absolute atomic E-state index is 1.84. The Bertz CT molecular complexity index is 372. The van der Waals surface area contributed by atoms with Gasteiger partial charge in [0.15, 0.2) is 0 Å². The Morgan fingerprint density at radius 1 is 1.19 bits per heavy atom. The average Bonchev–Trinajstić information content (AvgIpc) is 2.15. The van der Waals surface area contributed by atoms with E-state index in [1.165, 1.54) is 0 Å². The monoisotopic (exact) mass is 278 g/mol. The minimum Gasteiger partial charge on any atom is -0.399 e.